The fourth-order valence-corrected chi connectivity index (χ4v) is 2.74. The van der Waals surface area contributed by atoms with Gasteiger partial charge in [-0.2, -0.15) is 4.99 Å². The van der Waals surface area contributed by atoms with Crippen molar-refractivity contribution in [3.63, 3.8) is 0 Å². The molecule has 0 bridgehead atoms. The smallest absolute Gasteiger partial charge is 0.336 e. The van der Waals surface area contributed by atoms with Gasteiger partial charge in [0.2, 0.25) is 0 Å². The monoisotopic (exact) mass is 336 g/mol. The van der Waals surface area contributed by atoms with Crippen LogP contribution in [0.3, 0.4) is 0 Å². The minimum Gasteiger partial charge on any atom is -0.416 e. The molecule has 2 N–H and O–H groups in total. The first-order valence-electron chi connectivity index (χ1n) is 8.23. The zero-order chi connectivity index (χ0) is 18.0. The van der Waals surface area contributed by atoms with Gasteiger partial charge in [0.1, 0.15) is 0 Å². The maximum atomic E-state index is 11.7. The summed E-state index contributed by atoms with van der Waals surface area (Å²) in [4.78, 5) is 16.3. The van der Waals surface area contributed by atoms with E-state index in [2.05, 4.69) is 18.0 Å². The lowest BCUT2D eigenvalue weighted by molar-refractivity contribution is 0.533. The lowest BCUT2D eigenvalue weighted by Gasteiger charge is -2.27. The molecule has 2 aromatic carbocycles. The Morgan fingerprint density at radius 3 is 2.64 bits per heavy atom. The van der Waals surface area contributed by atoms with Crippen LogP contribution >= 0.6 is 0 Å². The van der Waals surface area contributed by atoms with E-state index in [-0.39, 0.29) is 10.1 Å². The quantitative estimate of drug-likeness (QED) is 0.344. The van der Waals surface area contributed by atoms with E-state index in [4.69, 9.17) is 10.2 Å². The van der Waals surface area contributed by atoms with Crippen LogP contribution in [-0.4, -0.2) is 20.1 Å². The lowest BCUT2D eigenvalue weighted by Crippen LogP contribution is -2.51. The first-order valence-corrected chi connectivity index (χ1v) is 8.23. The summed E-state index contributed by atoms with van der Waals surface area (Å²) in [6.07, 6.45) is 0.940. The average Bonchev–Trinajstić information content (AvgIpc) is 2.61. The second kappa shape index (κ2) is 6.53. The third-order valence-corrected chi connectivity index (χ3v) is 4.36. The first-order chi connectivity index (χ1) is 11.9. The van der Waals surface area contributed by atoms with Gasteiger partial charge >= 0.3 is 11.6 Å². The molecule has 3 rings (SSSR count). The number of para-hydroxylation sites is 1. The highest BCUT2D eigenvalue weighted by atomic mass is 16.4. The first kappa shape index (κ1) is 16.9. The molecule has 0 aliphatic carbocycles. The van der Waals surface area contributed by atoms with Crippen molar-refractivity contribution >= 4 is 28.3 Å². The van der Waals surface area contributed by atoms with E-state index in [1.54, 1.807) is 6.07 Å². The fourth-order valence-electron chi connectivity index (χ4n) is 2.74. The number of aryl methyl sites for hydroxylation is 1. The minimum absolute atomic E-state index is 0.181. The van der Waals surface area contributed by atoms with Gasteiger partial charge in [0.05, 0.1) is 19.8 Å². The van der Waals surface area contributed by atoms with Crippen molar-refractivity contribution in [2.75, 3.05) is 14.1 Å². The molecular weight excluding hydrogens is 314 g/mol. The molecule has 25 heavy (non-hydrogen) atoms. The van der Waals surface area contributed by atoms with Gasteiger partial charge in [-0.15, -0.1) is 0 Å². The Kier molecular flexibility index (Phi) is 4.42. The highest BCUT2D eigenvalue weighted by Crippen LogP contribution is 2.29. The number of hydrogen-bond donors (Lipinski definition) is 1. The third-order valence-electron chi connectivity index (χ3n) is 4.36. The fraction of sp³-hybridized carbons (Fsp3) is 0.200. The molecule has 0 fully saturated rings. The zero-order valence-corrected chi connectivity index (χ0v) is 14.7. The van der Waals surface area contributed by atoms with Gasteiger partial charge in [-0.3, -0.25) is 0 Å². The number of rotatable bonds is 3. The molecule has 0 atom stereocenters. The largest absolute Gasteiger partial charge is 0.416 e. The van der Waals surface area contributed by atoms with E-state index in [9.17, 15) is 4.79 Å². The van der Waals surface area contributed by atoms with Crippen molar-refractivity contribution in [1.29, 1.82) is 0 Å². The Morgan fingerprint density at radius 2 is 1.88 bits per heavy atom. The molecule has 0 radical (unpaired) electrons. The van der Waals surface area contributed by atoms with Crippen molar-refractivity contribution in [3.05, 3.63) is 70.6 Å². The normalized spacial score (nSPS) is 12.5. The SMILES string of the molecule is CCc1cccc(N=C(N)[N+](C)(C)c2cccc3ccc(=O)oc23)c1. The molecule has 0 aliphatic rings. The molecule has 3 aromatic rings. The Morgan fingerprint density at radius 1 is 1.12 bits per heavy atom. The molecule has 0 saturated carbocycles. The highest BCUT2D eigenvalue weighted by Gasteiger charge is 2.28. The van der Waals surface area contributed by atoms with Crippen molar-refractivity contribution < 1.29 is 4.42 Å². The Balaban J connectivity index is 2.10. The van der Waals surface area contributed by atoms with Crippen LogP contribution in [0, 0.1) is 0 Å². The van der Waals surface area contributed by atoms with Crippen LogP contribution in [0.2, 0.25) is 0 Å². The predicted octanol–water partition coefficient (Wildman–Crippen LogP) is 3.57. The summed E-state index contributed by atoms with van der Waals surface area (Å²) in [7, 11) is 3.84. The number of hydrogen-bond acceptors (Lipinski definition) is 3. The summed E-state index contributed by atoms with van der Waals surface area (Å²) in [5.41, 5.74) is 9.28. The van der Waals surface area contributed by atoms with Crippen LogP contribution in [0.15, 0.2) is 68.8 Å². The zero-order valence-electron chi connectivity index (χ0n) is 14.7. The second-order valence-electron chi connectivity index (χ2n) is 6.40. The van der Waals surface area contributed by atoms with E-state index in [1.165, 1.54) is 11.6 Å². The maximum absolute atomic E-state index is 11.7. The van der Waals surface area contributed by atoms with Crippen molar-refractivity contribution in [1.82, 2.24) is 4.48 Å². The highest BCUT2D eigenvalue weighted by molar-refractivity contribution is 5.98. The molecule has 0 unspecified atom stereocenters. The van der Waals surface area contributed by atoms with Gasteiger partial charge in [-0.25, -0.2) is 9.28 Å². The number of aliphatic imine (C=N–C) groups is 1. The summed E-state index contributed by atoms with van der Waals surface area (Å²) in [5.74, 6) is 0.409. The predicted molar refractivity (Wildman–Crippen MR) is 103 cm³/mol. The standard InChI is InChI=1S/C20H22N3O2/c1-4-14-7-5-9-16(13-14)22-20(21)23(2,3)17-10-6-8-15-11-12-18(24)25-19(15)17/h5-13H,4H2,1-3H3,(H2,21,22)/q+1. The Hall–Kier alpha value is -2.92. The van der Waals surface area contributed by atoms with Crippen LogP contribution in [-0.2, 0) is 6.42 Å². The molecular formula is C20H22N3O2+. The summed E-state index contributed by atoms with van der Waals surface area (Å²) >= 11 is 0. The van der Waals surface area contributed by atoms with Crippen LogP contribution in [0.4, 0.5) is 11.4 Å². The Labute approximate surface area is 146 Å². The number of benzene rings is 2. The minimum atomic E-state index is -0.383. The van der Waals surface area contributed by atoms with Gasteiger partial charge in [-0.1, -0.05) is 31.2 Å². The van der Waals surface area contributed by atoms with E-state index >= 15 is 0 Å². The van der Waals surface area contributed by atoms with Gasteiger partial charge in [0, 0.05) is 17.5 Å². The van der Waals surface area contributed by atoms with Crippen molar-refractivity contribution in [3.8, 4) is 0 Å². The van der Waals surface area contributed by atoms with Gasteiger partial charge in [-0.05, 0) is 30.2 Å². The van der Waals surface area contributed by atoms with Crippen LogP contribution in [0.5, 0.6) is 0 Å². The van der Waals surface area contributed by atoms with Crippen LogP contribution in [0.25, 0.3) is 11.0 Å². The third kappa shape index (κ3) is 3.32. The van der Waals surface area contributed by atoms with E-state index < -0.39 is 0 Å². The molecule has 0 aliphatic heterocycles. The summed E-state index contributed by atoms with van der Waals surface area (Å²) in [5, 5.41) is 0.851. The number of nitrogens with zero attached hydrogens (tertiary/aromatic N) is 2. The average molecular weight is 336 g/mol. The molecule has 5 heteroatoms. The topological polar surface area (TPSA) is 68.6 Å². The van der Waals surface area contributed by atoms with Crippen molar-refractivity contribution in [2.24, 2.45) is 10.7 Å². The summed E-state index contributed by atoms with van der Waals surface area (Å²) in [6, 6.07) is 16.9. The number of nitrogens with two attached hydrogens (primary N) is 1. The molecule has 0 saturated heterocycles. The van der Waals surface area contributed by atoms with Gasteiger partial charge < -0.3 is 10.2 Å². The summed E-state index contributed by atoms with van der Waals surface area (Å²) in [6.45, 7) is 2.10. The van der Waals surface area contributed by atoms with E-state index in [0.717, 1.165) is 23.2 Å². The molecule has 5 nitrogen and oxygen atoms in total. The second-order valence-corrected chi connectivity index (χ2v) is 6.40. The molecule has 1 heterocycles. The van der Waals surface area contributed by atoms with Gasteiger partial charge in [0.15, 0.2) is 11.3 Å². The van der Waals surface area contributed by atoms with Crippen LogP contribution in [0.1, 0.15) is 12.5 Å². The van der Waals surface area contributed by atoms with E-state index in [1.807, 2.05) is 50.5 Å². The molecule has 128 valence electrons. The molecule has 1 aromatic heterocycles. The van der Waals surface area contributed by atoms with Crippen LogP contribution < -0.4 is 15.8 Å². The van der Waals surface area contributed by atoms with Crippen molar-refractivity contribution in [2.45, 2.75) is 13.3 Å². The number of quaternary nitrogens is 1. The Bertz CT molecular complexity index is 1000. The summed E-state index contributed by atoms with van der Waals surface area (Å²) < 4.78 is 5.62. The molecule has 0 amide bonds. The van der Waals surface area contributed by atoms with E-state index in [0.29, 0.717) is 11.5 Å². The lowest BCUT2D eigenvalue weighted by atomic mass is 10.1. The van der Waals surface area contributed by atoms with Gasteiger partial charge in [0.25, 0.3) is 0 Å². The number of guanidine groups is 1. The molecule has 0 spiro atoms. The number of fused-ring (bicyclic) bond motifs is 1. The maximum Gasteiger partial charge on any atom is 0.336 e.